The smallest absolute Gasteiger partial charge is 0.340 e. The van der Waals surface area contributed by atoms with Crippen molar-refractivity contribution in [2.45, 2.75) is 10.3 Å². The second-order valence-electron chi connectivity index (χ2n) is 3.64. The number of pyridine rings is 1. The number of cyclic esters (lactones) is 1. The Morgan fingerprint density at radius 1 is 1.18 bits per heavy atom. The van der Waals surface area contributed by atoms with E-state index in [1.807, 2.05) is 30.3 Å². The van der Waals surface area contributed by atoms with Crippen LogP contribution in [0.2, 0.25) is 0 Å². The topological polar surface area (TPSA) is 39.2 Å². The molecule has 4 heteroatoms. The first-order valence-corrected chi connectivity index (χ1v) is 6.09. The van der Waals surface area contributed by atoms with Crippen LogP contribution in [0.25, 0.3) is 0 Å². The van der Waals surface area contributed by atoms with Crippen molar-refractivity contribution in [1.82, 2.24) is 4.98 Å². The van der Waals surface area contributed by atoms with Gasteiger partial charge in [0.1, 0.15) is 0 Å². The molecule has 0 unspecified atom stereocenters. The van der Waals surface area contributed by atoms with E-state index < -0.39 is 0 Å². The first-order chi connectivity index (χ1) is 8.34. The summed E-state index contributed by atoms with van der Waals surface area (Å²) in [7, 11) is 0. The monoisotopic (exact) mass is 243 g/mol. The van der Waals surface area contributed by atoms with Gasteiger partial charge in [-0.2, -0.15) is 0 Å². The highest BCUT2D eigenvalue weighted by molar-refractivity contribution is 7.99. The summed E-state index contributed by atoms with van der Waals surface area (Å²) in [5.74, 6) is -0.270. The lowest BCUT2D eigenvalue weighted by atomic mass is 10.2. The minimum absolute atomic E-state index is 0.270. The second-order valence-corrected chi connectivity index (χ2v) is 4.74. The summed E-state index contributed by atoms with van der Waals surface area (Å²) in [6.45, 7) is 0. The fourth-order valence-corrected chi connectivity index (χ4v) is 2.77. The van der Waals surface area contributed by atoms with E-state index in [2.05, 4.69) is 4.98 Å². The van der Waals surface area contributed by atoms with Crippen molar-refractivity contribution in [3.05, 3.63) is 59.9 Å². The number of benzene rings is 1. The minimum Gasteiger partial charge on any atom is -0.442 e. The fourth-order valence-electron chi connectivity index (χ4n) is 1.69. The molecular formula is C13H9NO2S. The second kappa shape index (κ2) is 4.22. The molecule has 0 aliphatic carbocycles. The van der Waals surface area contributed by atoms with E-state index >= 15 is 0 Å². The lowest BCUT2D eigenvalue weighted by Crippen LogP contribution is -2.15. The predicted molar refractivity (Wildman–Crippen MR) is 64.7 cm³/mol. The summed E-state index contributed by atoms with van der Waals surface area (Å²) in [6, 6.07) is 11.2. The molecule has 1 aromatic carbocycles. The molecule has 2 heterocycles. The maximum absolute atomic E-state index is 11.8. The van der Waals surface area contributed by atoms with Gasteiger partial charge in [-0.25, -0.2) is 4.79 Å². The summed E-state index contributed by atoms with van der Waals surface area (Å²) in [5, 5.41) is 0. The van der Waals surface area contributed by atoms with Crippen molar-refractivity contribution in [1.29, 1.82) is 0 Å². The molecular weight excluding hydrogens is 234 g/mol. The normalized spacial score (nSPS) is 18.4. The summed E-state index contributed by atoms with van der Waals surface area (Å²) >= 11 is 1.53. The first-order valence-electron chi connectivity index (χ1n) is 5.21. The third-order valence-corrected chi connectivity index (χ3v) is 3.70. The molecule has 0 bridgehead atoms. The molecule has 1 aliphatic heterocycles. The quantitative estimate of drug-likeness (QED) is 0.722. The van der Waals surface area contributed by atoms with Crippen LogP contribution in [-0.2, 0) is 4.74 Å². The molecule has 0 N–H and O–H groups in total. The number of nitrogens with zero attached hydrogens (tertiary/aromatic N) is 1. The SMILES string of the molecule is O=C1O[C@H](c2cccnc2)Sc2ccccc21. The van der Waals surface area contributed by atoms with E-state index in [1.165, 1.54) is 11.8 Å². The number of rotatable bonds is 1. The molecule has 84 valence electrons. The number of carbonyl (C=O) groups is 1. The molecule has 3 rings (SSSR count). The van der Waals surface area contributed by atoms with E-state index in [-0.39, 0.29) is 11.4 Å². The fraction of sp³-hybridized carbons (Fsp3) is 0.0769. The summed E-state index contributed by atoms with van der Waals surface area (Å²) < 4.78 is 5.38. The molecule has 0 fully saturated rings. The highest BCUT2D eigenvalue weighted by Gasteiger charge is 2.27. The van der Waals surface area contributed by atoms with Crippen LogP contribution in [0.4, 0.5) is 0 Å². The molecule has 2 aromatic rings. The van der Waals surface area contributed by atoms with Crippen LogP contribution in [0, 0.1) is 0 Å². The van der Waals surface area contributed by atoms with Gasteiger partial charge in [0.15, 0.2) is 5.44 Å². The molecule has 0 saturated heterocycles. The van der Waals surface area contributed by atoms with Gasteiger partial charge in [0, 0.05) is 22.9 Å². The van der Waals surface area contributed by atoms with Crippen LogP contribution < -0.4 is 0 Å². The molecule has 1 aromatic heterocycles. The van der Waals surface area contributed by atoms with Gasteiger partial charge in [0.25, 0.3) is 0 Å². The molecule has 0 spiro atoms. The van der Waals surface area contributed by atoms with Gasteiger partial charge in [-0.15, -0.1) is 0 Å². The largest absolute Gasteiger partial charge is 0.442 e. The molecule has 0 radical (unpaired) electrons. The lowest BCUT2D eigenvalue weighted by molar-refractivity contribution is 0.0439. The zero-order valence-corrected chi connectivity index (χ0v) is 9.68. The average Bonchev–Trinajstić information content (AvgIpc) is 2.40. The minimum atomic E-state index is -0.300. The number of carbonyl (C=O) groups excluding carboxylic acids is 1. The summed E-state index contributed by atoms with van der Waals surface area (Å²) in [6.07, 6.45) is 3.42. The van der Waals surface area contributed by atoms with Crippen molar-refractivity contribution in [2.75, 3.05) is 0 Å². The maximum atomic E-state index is 11.8. The number of aromatic nitrogens is 1. The average molecular weight is 243 g/mol. The van der Waals surface area contributed by atoms with Gasteiger partial charge in [-0.3, -0.25) is 4.98 Å². The first kappa shape index (κ1) is 10.4. The Hall–Kier alpha value is -1.81. The number of hydrogen-bond donors (Lipinski definition) is 0. The van der Waals surface area contributed by atoms with Crippen LogP contribution in [0.5, 0.6) is 0 Å². The Morgan fingerprint density at radius 2 is 2.06 bits per heavy atom. The molecule has 0 saturated carbocycles. The summed E-state index contributed by atoms with van der Waals surface area (Å²) in [5.41, 5.74) is 1.24. The van der Waals surface area contributed by atoms with Gasteiger partial charge in [0.2, 0.25) is 0 Å². The Labute approximate surface area is 103 Å². The van der Waals surface area contributed by atoms with Crippen LogP contribution in [0.1, 0.15) is 21.4 Å². The Balaban J connectivity index is 1.97. The third-order valence-electron chi connectivity index (χ3n) is 2.51. The van der Waals surface area contributed by atoms with Gasteiger partial charge in [0.05, 0.1) is 5.56 Å². The highest BCUT2D eigenvalue weighted by atomic mass is 32.2. The van der Waals surface area contributed by atoms with Gasteiger partial charge in [-0.05, 0) is 18.2 Å². The van der Waals surface area contributed by atoms with E-state index in [0.717, 1.165) is 10.5 Å². The van der Waals surface area contributed by atoms with E-state index in [4.69, 9.17) is 4.74 Å². The number of ether oxygens (including phenoxy) is 1. The van der Waals surface area contributed by atoms with E-state index in [1.54, 1.807) is 18.5 Å². The Bertz CT molecular complexity index is 556. The van der Waals surface area contributed by atoms with Crippen LogP contribution >= 0.6 is 11.8 Å². The molecule has 0 amide bonds. The maximum Gasteiger partial charge on any atom is 0.340 e. The standard InChI is InChI=1S/C13H9NO2S/c15-12-10-5-1-2-6-11(10)17-13(16-12)9-4-3-7-14-8-9/h1-8,13H/t13-/m0/s1. The van der Waals surface area contributed by atoms with Crippen molar-refractivity contribution in [2.24, 2.45) is 0 Å². The van der Waals surface area contributed by atoms with Crippen molar-refractivity contribution in [3.63, 3.8) is 0 Å². The Kier molecular flexibility index (Phi) is 2.57. The zero-order valence-electron chi connectivity index (χ0n) is 8.87. The number of hydrogen-bond acceptors (Lipinski definition) is 4. The van der Waals surface area contributed by atoms with Crippen LogP contribution in [0.3, 0.4) is 0 Å². The van der Waals surface area contributed by atoms with Crippen molar-refractivity contribution in [3.8, 4) is 0 Å². The third kappa shape index (κ3) is 1.91. The van der Waals surface area contributed by atoms with Crippen LogP contribution in [0.15, 0.2) is 53.7 Å². The summed E-state index contributed by atoms with van der Waals surface area (Å²) in [4.78, 5) is 16.8. The lowest BCUT2D eigenvalue weighted by Gasteiger charge is -2.23. The number of esters is 1. The van der Waals surface area contributed by atoms with Gasteiger partial charge in [-0.1, -0.05) is 30.0 Å². The van der Waals surface area contributed by atoms with E-state index in [0.29, 0.717) is 5.56 Å². The zero-order chi connectivity index (χ0) is 11.7. The van der Waals surface area contributed by atoms with Crippen molar-refractivity contribution >= 4 is 17.7 Å². The van der Waals surface area contributed by atoms with Crippen LogP contribution in [-0.4, -0.2) is 11.0 Å². The molecule has 1 aliphatic rings. The van der Waals surface area contributed by atoms with Gasteiger partial charge >= 0.3 is 5.97 Å². The number of fused-ring (bicyclic) bond motifs is 1. The number of thioether (sulfide) groups is 1. The highest BCUT2D eigenvalue weighted by Crippen LogP contribution is 2.42. The van der Waals surface area contributed by atoms with E-state index in [9.17, 15) is 4.79 Å². The molecule has 17 heavy (non-hydrogen) atoms. The Morgan fingerprint density at radius 3 is 2.88 bits per heavy atom. The van der Waals surface area contributed by atoms with Gasteiger partial charge < -0.3 is 4.74 Å². The molecule has 1 atom stereocenters. The van der Waals surface area contributed by atoms with Crippen molar-refractivity contribution < 1.29 is 9.53 Å². The molecule has 3 nitrogen and oxygen atoms in total. The predicted octanol–water partition coefficient (Wildman–Crippen LogP) is 3.04.